The summed E-state index contributed by atoms with van der Waals surface area (Å²) in [7, 11) is 0. The van der Waals surface area contributed by atoms with Gasteiger partial charge in [-0.1, -0.05) is 43.7 Å². The minimum atomic E-state index is -2.03. The lowest BCUT2D eigenvalue weighted by molar-refractivity contribution is -0.153. The summed E-state index contributed by atoms with van der Waals surface area (Å²) >= 11 is 0. The summed E-state index contributed by atoms with van der Waals surface area (Å²) in [6.07, 6.45) is 0.898. The zero-order valence-corrected chi connectivity index (χ0v) is 20.9. The average molecular weight is 501 g/mol. The molecule has 0 saturated heterocycles. The summed E-state index contributed by atoms with van der Waals surface area (Å²) in [6, 6.07) is 12.1. The predicted molar refractivity (Wildman–Crippen MR) is 137 cm³/mol. The van der Waals surface area contributed by atoms with Crippen LogP contribution in [0.1, 0.15) is 53.9 Å². The molecule has 8 heteroatoms. The van der Waals surface area contributed by atoms with Crippen molar-refractivity contribution in [3.8, 4) is 5.75 Å². The summed E-state index contributed by atoms with van der Waals surface area (Å²) in [5, 5.41) is 32.8. The largest absolute Gasteiger partial charge is 0.507 e. The number of fused-ring (bicyclic) bond motifs is 5. The third-order valence-electron chi connectivity index (χ3n) is 7.58. The number of ketones is 1. The van der Waals surface area contributed by atoms with E-state index in [1.807, 2.05) is 31.2 Å². The van der Waals surface area contributed by atoms with Gasteiger partial charge in [-0.05, 0) is 55.5 Å². The van der Waals surface area contributed by atoms with Crippen LogP contribution in [0.25, 0.3) is 10.9 Å². The molecule has 2 aromatic carbocycles. The van der Waals surface area contributed by atoms with E-state index in [1.165, 1.54) is 6.07 Å². The van der Waals surface area contributed by atoms with E-state index in [0.717, 1.165) is 22.0 Å². The normalized spacial score (nSPS) is 19.2. The number of nitrogens with zero attached hydrogens (tertiary/aromatic N) is 1. The number of para-hydroxylation sites is 1. The Bertz CT molecular complexity index is 1560. The number of nitrogens with one attached hydrogen (secondary N) is 1. The first-order valence-electron chi connectivity index (χ1n) is 12.3. The lowest BCUT2D eigenvalue weighted by Crippen LogP contribution is -2.60. The minimum Gasteiger partial charge on any atom is -0.507 e. The Morgan fingerprint density at radius 1 is 1.05 bits per heavy atom. The highest BCUT2D eigenvalue weighted by molar-refractivity contribution is 6.16. The molecule has 190 valence electrons. The number of Topliss-reactive ketones (excluding diaryl/α,β-unsaturated/α-hetero) is 1. The Morgan fingerprint density at radius 2 is 1.78 bits per heavy atom. The van der Waals surface area contributed by atoms with Crippen molar-refractivity contribution < 1.29 is 29.7 Å². The van der Waals surface area contributed by atoms with Crippen LogP contribution in [0.3, 0.4) is 0 Å². The monoisotopic (exact) mass is 500 g/mol. The quantitative estimate of drug-likeness (QED) is 0.362. The summed E-state index contributed by atoms with van der Waals surface area (Å²) in [5.41, 5.74) is 1.03. The second kappa shape index (κ2) is 8.65. The molecule has 0 spiro atoms. The number of phenolic OH excluding ortho intramolecular Hbond substituents is 1. The van der Waals surface area contributed by atoms with E-state index in [0.29, 0.717) is 24.2 Å². The van der Waals surface area contributed by atoms with Gasteiger partial charge >= 0.3 is 11.9 Å². The van der Waals surface area contributed by atoms with Crippen LogP contribution < -0.4 is 0 Å². The molecule has 1 unspecified atom stereocenters. The van der Waals surface area contributed by atoms with Crippen molar-refractivity contribution in [1.82, 2.24) is 9.88 Å². The molecule has 1 aromatic heterocycles. The van der Waals surface area contributed by atoms with Crippen molar-refractivity contribution in [2.24, 2.45) is 0 Å². The second-order valence-electron chi connectivity index (χ2n) is 9.48. The maximum Gasteiger partial charge on any atom is 0.340 e. The van der Waals surface area contributed by atoms with Gasteiger partial charge in [0.05, 0.1) is 16.8 Å². The van der Waals surface area contributed by atoms with Crippen molar-refractivity contribution in [2.75, 3.05) is 6.54 Å². The van der Waals surface area contributed by atoms with E-state index in [4.69, 9.17) is 0 Å². The lowest BCUT2D eigenvalue weighted by atomic mass is 9.70. The molecule has 3 aromatic rings. The molecular formula is C29H28N2O6. The number of hydrogen-bond donors (Lipinski definition) is 4. The molecule has 37 heavy (non-hydrogen) atoms. The molecule has 0 saturated carbocycles. The Kier molecular flexibility index (Phi) is 5.70. The molecule has 8 nitrogen and oxygen atoms in total. The number of aliphatic carboxylic acids is 2. The van der Waals surface area contributed by atoms with Crippen molar-refractivity contribution >= 4 is 28.6 Å². The van der Waals surface area contributed by atoms with Crippen LogP contribution >= 0.6 is 0 Å². The van der Waals surface area contributed by atoms with Gasteiger partial charge in [-0.25, -0.2) is 9.59 Å². The van der Waals surface area contributed by atoms with E-state index in [1.54, 1.807) is 30.9 Å². The van der Waals surface area contributed by atoms with Crippen molar-refractivity contribution in [3.05, 3.63) is 87.3 Å². The maximum absolute atomic E-state index is 14.0. The number of carbonyl (C=O) groups is 3. The number of allylic oxidation sites excluding steroid dienone is 3. The van der Waals surface area contributed by atoms with E-state index < -0.39 is 23.3 Å². The average Bonchev–Trinajstić information content (AvgIpc) is 3.26. The minimum absolute atomic E-state index is 0.0581. The van der Waals surface area contributed by atoms with Gasteiger partial charge in [0.25, 0.3) is 0 Å². The summed E-state index contributed by atoms with van der Waals surface area (Å²) in [5.74, 6) is -3.45. The zero-order chi connectivity index (χ0) is 26.6. The van der Waals surface area contributed by atoms with Crippen LogP contribution in [0.5, 0.6) is 5.75 Å². The number of benzene rings is 2. The Morgan fingerprint density at radius 3 is 2.43 bits per heavy atom. The zero-order valence-electron chi connectivity index (χ0n) is 20.9. The van der Waals surface area contributed by atoms with E-state index in [2.05, 4.69) is 4.98 Å². The fraction of sp³-hybridized carbons (Fsp3) is 0.276. The SMILES string of the molecule is CCC1=C(C(=O)O)C2(C(=O)O)c3[nH]c4ccccc4c3CCN2C(CC)=C1C(=O)c1cc(C)ccc1O. The van der Waals surface area contributed by atoms with Crippen molar-refractivity contribution in [3.63, 3.8) is 0 Å². The number of aryl methyl sites for hydroxylation is 1. The van der Waals surface area contributed by atoms with Crippen LogP contribution in [0, 0.1) is 6.92 Å². The molecule has 0 aliphatic carbocycles. The molecule has 4 N–H and O–H groups in total. The number of rotatable bonds is 6. The van der Waals surface area contributed by atoms with Gasteiger partial charge in [-0.15, -0.1) is 0 Å². The standard InChI is InChI=1S/C29H28N2O6/c1-4-16-23(25(33)19-14-15(3)10-11-22(19)32)21(5-2)31-13-12-18-17-8-6-7-9-20(17)30-26(18)29(31,28(36)37)24(16)27(34)35/h6-11,14,30,32H,4-5,12-13H2,1-3H3,(H,34,35)(H,36,37). The molecular weight excluding hydrogens is 472 g/mol. The first-order chi connectivity index (χ1) is 17.7. The first kappa shape index (κ1) is 24.4. The number of hydrogen-bond acceptors (Lipinski definition) is 5. The maximum atomic E-state index is 14.0. The molecule has 2 aliphatic rings. The van der Waals surface area contributed by atoms with Gasteiger partial charge in [-0.2, -0.15) is 0 Å². The molecule has 2 aliphatic heterocycles. The second-order valence-corrected chi connectivity index (χ2v) is 9.48. The Balaban J connectivity index is 1.89. The topological polar surface area (TPSA) is 131 Å². The van der Waals surface area contributed by atoms with Crippen molar-refractivity contribution in [1.29, 1.82) is 0 Å². The molecule has 0 fully saturated rings. The lowest BCUT2D eigenvalue weighted by Gasteiger charge is -2.50. The van der Waals surface area contributed by atoms with Crippen LogP contribution in [0.15, 0.2) is 64.9 Å². The van der Waals surface area contributed by atoms with Crippen molar-refractivity contribution in [2.45, 2.75) is 45.6 Å². The van der Waals surface area contributed by atoms with Gasteiger partial charge < -0.3 is 25.2 Å². The highest BCUT2D eigenvalue weighted by Gasteiger charge is 2.60. The fourth-order valence-electron chi connectivity index (χ4n) is 6.11. The molecule has 5 rings (SSSR count). The van der Waals surface area contributed by atoms with Gasteiger partial charge in [0.1, 0.15) is 5.75 Å². The number of aromatic amines is 1. The highest BCUT2D eigenvalue weighted by Crippen LogP contribution is 2.52. The summed E-state index contributed by atoms with van der Waals surface area (Å²) < 4.78 is 0. The smallest absolute Gasteiger partial charge is 0.340 e. The number of carbonyl (C=O) groups excluding carboxylic acids is 1. The van der Waals surface area contributed by atoms with Crippen LogP contribution in [-0.2, 0) is 21.5 Å². The first-order valence-corrected chi connectivity index (χ1v) is 12.3. The van der Waals surface area contributed by atoms with Crippen LogP contribution in [0.2, 0.25) is 0 Å². The summed E-state index contributed by atoms with van der Waals surface area (Å²) in [6.45, 7) is 5.55. The summed E-state index contributed by atoms with van der Waals surface area (Å²) in [4.78, 5) is 45.1. The fourth-order valence-corrected chi connectivity index (χ4v) is 6.11. The van der Waals surface area contributed by atoms with Gasteiger partial charge in [-0.3, -0.25) is 4.79 Å². The molecule has 3 heterocycles. The Hall–Kier alpha value is -4.33. The molecule has 1 atom stereocenters. The predicted octanol–water partition coefficient (Wildman–Crippen LogP) is 4.67. The number of carboxylic acid groups (broad SMARTS) is 2. The number of aromatic nitrogens is 1. The number of H-pyrrole nitrogens is 1. The van der Waals surface area contributed by atoms with E-state index in [9.17, 15) is 29.7 Å². The van der Waals surface area contributed by atoms with Gasteiger partial charge in [0.2, 0.25) is 5.54 Å². The highest BCUT2D eigenvalue weighted by atomic mass is 16.4. The third kappa shape index (κ3) is 3.25. The van der Waals surface area contributed by atoms with Gasteiger partial charge in [0.15, 0.2) is 5.78 Å². The molecule has 0 radical (unpaired) electrons. The van der Waals surface area contributed by atoms with Crippen LogP contribution in [-0.4, -0.2) is 49.5 Å². The molecule has 0 amide bonds. The van der Waals surface area contributed by atoms with E-state index in [-0.39, 0.29) is 41.0 Å². The number of carboxylic acids is 2. The number of aromatic hydroxyl groups is 1. The third-order valence-corrected chi connectivity index (χ3v) is 7.58. The number of phenols is 1. The van der Waals surface area contributed by atoms with E-state index >= 15 is 0 Å². The van der Waals surface area contributed by atoms with Crippen LogP contribution in [0.4, 0.5) is 0 Å². The van der Waals surface area contributed by atoms with Gasteiger partial charge in [0, 0.05) is 28.7 Å². The molecule has 0 bridgehead atoms. The Labute approximate surface area is 213 Å².